The van der Waals surface area contributed by atoms with Gasteiger partial charge in [-0.2, -0.15) is 0 Å². The molecule has 0 bridgehead atoms. The van der Waals surface area contributed by atoms with Crippen molar-refractivity contribution >= 4 is 63.8 Å². The first-order valence-electron chi connectivity index (χ1n) is 16.1. The monoisotopic (exact) mass is 602 g/mol. The molecule has 216 valence electrons. The Hall–Kier alpha value is -5.24. The van der Waals surface area contributed by atoms with E-state index in [1.165, 1.54) is 97.0 Å². The standard InChI is InChI=1S/C45H30S/c1-45(2)39-18-10-9-13-31(39)38-25-28(21-24-40(38)45)42-33-14-5-7-16-35(33)43(36-17-8-6-15-34(36)42)29-20-22-32-37-23-19-27-11-3-4-12-30(27)44(37)46-41(32)26-29/h3-26H,1-2H3. The van der Waals surface area contributed by atoms with Gasteiger partial charge in [0.05, 0.1) is 0 Å². The van der Waals surface area contributed by atoms with Crippen LogP contribution in [0.5, 0.6) is 0 Å². The molecule has 1 aliphatic rings. The molecule has 0 amide bonds. The third-order valence-electron chi connectivity index (χ3n) is 10.5. The second-order valence-corrected chi connectivity index (χ2v) is 14.3. The van der Waals surface area contributed by atoms with Gasteiger partial charge in [0.25, 0.3) is 0 Å². The second kappa shape index (κ2) is 9.39. The first-order chi connectivity index (χ1) is 22.6. The van der Waals surface area contributed by atoms with E-state index in [0.29, 0.717) is 0 Å². The summed E-state index contributed by atoms with van der Waals surface area (Å²) in [5.74, 6) is 0. The molecule has 1 aliphatic carbocycles. The summed E-state index contributed by atoms with van der Waals surface area (Å²) < 4.78 is 2.71. The molecule has 0 fully saturated rings. The van der Waals surface area contributed by atoms with Crippen LogP contribution >= 0.6 is 11.3 Å². The molecule has 1 aromatic heterocycles. The van der Waals surface area contributed by atoms with Gasteiger partial charge in [0.2, 0.25) is 0 Å². The molecule has 0 aliphatic heterocycles. The van der Waals surface area contributed by atoms with Crippen LogP contribution in [0.1, 0.15) is 25.0 Å². The lowest BCUT2D eigenvalue weighted by Crippen LogP contribution is -2.14. The molecule has 0 saturated carbocycles. The van der Waals surface area contributed by atoms with Gasteiger partial charge in [0, 0.05) is 25.6 Å². The number of benzene rings is 8. The molecule has 46 heavy (non-hydrogen) atoms. The second-order valence-electron chi connectivity index (χ2n) is 13.2. The maximum atomic E-state index is 2.45. The minimum atomic E-state index is -0.00399. The van der Waals surface area contributed by atoms with E-state index < -0.39 is 0 Å². The number of hydrogen-bond donors (Lipinski definition) is 0. The van der Waals surface area contributed by atoms with Crippen molar-refractivity contribution in [3.8, 4) is 33.4 Å². The average Bonchev–Trinajstić information content (AvgIpc) is 3.59. The summed E-state index contributed by atoms with van der Waals surface area (Å²) in [6.07, 6.45) is 0. The fourth-order valence-electron chi connectivity index (χ4n) is 8.29. The smallest absolute Gasteiger partial charge is 0.0433 e. The average molecular weight is 603 g/mol. The van der Waals surface area contributed by atoms with E-state index in [1.807, 2.05) is 11.3 Å². The van der Waals surface area contributed by atoms with E-state index in [4.69, 9.17) is 0 Å². The summed E-state index contributed by atoms with van der Waals surface area (Å²) in [5, 5.41) is 10.5. The minimum absolute atomic E-state index is 0.00399. The largest absolute Gasteiger partial charge is 0.135 e. The van der Waals surface area contributed by atoms with Crippen LogP contribution < -0.4 is 0 Å². The number of hydrogen-bond acceptors (Lipinski definition) is 1. The quantitative estimate of drug-likeness (QED) is 0.173. The van der Waals surface area contributed by atoms with Crippen LogP contribution in [-0.4, -0.2) is 0 Å². The maximum Gasteiger partial charge on any atom is 0.0433 e. The zero-order valence-electron chi connectivity index (χ0n) is 25.8. The lowest BCUT2D eigenvalue weighted by molar-refractivity contribution is 0.660. The van der Waals surface area contributed by atoms with Gasteiger partial charge in [0.1, 0.15) is 0 Å². The van der Waals surface area contributed by atoms with Crippen LogP contribution in [0.4, 0.5) is 0 Å². The van der Waals surface area contributed by atoms with Crippen LogP contribution in [0.2, 0.25) is 0 Å². The van der Waals surface area contributed by atoms with Crippen LogP contribution in [0, 0.1) is 0 Å². The fourth-order valence-corrected chi connectivity index (χ4v) is 9.56. The van der Waals surface area contributed by atoms with Crippen LogP contribution in [0.15, 0.2) is 146 Å². The van der Waals surface area contributed by atoms with E-state index >= 15 is 0 Å². The zero-order valence-corrected chi connectivity index (χ0v) is 26.6. The Labute approximate surface area is 272 Å². The molecule has 9 aromatic rings. The van der Waals surface area contributed by atoms with Crippen LogP contribution in [0.3, 0.4) is 0 Å². The Bertz CT molecular complexity index is 2660. The van der Waals surface area contributed by atoms with Gasteiger partial charge in [-0.15, -0.1) is 11.3 Å². The molecule has 0 saturated heterocycles. The maximum absolute atomic E-state index is 2.45. The minimum Gasteiger partial charge on any atom is -0.135 e. The van der Waals surface area contributed by atoms with Crippen molar-refractivity contribution < 1.29 is 0 Å². The molecule has 10 rings (SSSR count). The Morgan fingerprint density at radius 2 is 0.957 bits per heavy atom. The van der Waals surface area contributed by atoms with Crippen LogP contribution in [-0.2, 0) is 5.41 Å². The van der Waals surface area contributed by atoms with Crippen molar-refractivity contribution in [1.82, 2.24) is 0 Å². The molecule has 1 heteroatoms. The SMILES string of the molecule is CC1(C)c2ccccc2-c2cc(-c3c4ccccc4c(-c4ccc5c(c4)sc4c6ccccc6ccc54)c4ccccc34)ccc21. The third-order valence-corrected chi connectivity index (χ3v) is 11.7. The molecular formula is C45H30S. The topological polar surface area (TPSA) is 0 Å². The van der Waals surface area contributed by atoms with E-state index in [2.05, 4.69) is 159 Å². The molecule has 0 radical (unpaired) electrons. The van der Waals surface area contributed by atoms with Crippen molar-refractivity contribution in [2.24, 2.45) is 0 Å². The first kappa shape index (κ1) is 26.0. The highest BCUT2D eigenvalue weighted by molar-refractivity contribution is 7.26. The highest BCUT2D eigenvalue weighted by atomic mass is 32.1. The lowest BCUT2D eigenvalue weighted by Gasteiger charge is -2.22. The third kappa shape index (κ3) is 3.49. The summed E-state index contributed by atoms with van der Waals surface area (Å²) in [7, 11) is 0. The summed E-state index contributed by atoms with van der Waals surface area (Å²) >= 11 is 1.92. The number of rotatable bonds is 2. The lowest BCUT2D eigenvalue weighted by atomic mass is 9.81. The van der Waals surface area contributed by atoms with Crippen molar-refractivity contribution in [2.75, 3.05) is 0 Å². The van der Waals surface area contributed by atoms with Gasteiger partial charge < -0.3 is 0 Å². The highest BCUT2D eigenvalue weighted by Gasteiger charge is 2.35. The van der Waals surface area contributed by atoms with E-state index in [1.54, 1.807) is 0 Å². The van der Waals surface area contributed by atoms with Gasteiger partial charge in [0.15, 0.2) is 0 Å². The molecule has 0 nitrogen and oxygen atoms in total. The molecule has 0 spiro atoms. The van der Waals surface area contributed by atoms with Crippen LogP contribution in [0.25, 0.3) is 85.9 Å². The Balaban J connectivity index is 1.24. The van der Waals surface area contributed by atoms with E-state index in [9.17, 15) is 0 Å². The summed E-state index contributed by atoms with van der Waals surface area (Å²) in [4.78, 5) is 0. The summed E-state index contributed by atoms with van der Waals surface area (Å²) in [5.41, 5.74) is 10.7. The van der Waals surface area contributed by atoms with Gasteiger partial charge in [-0.05, 0) is 89.0 Å². The molecule has 0 N–H and O–H groups in total. The zero-order chi connectivity index (χ0) is 30.6. The van der Waals surface area contributed by atoms with Gasteiger partial charge in [-0.1, -0.05) is 147 Å². The molecular weight excluding hydrogens is 573 g/mol. The molecule has 0 unspecified atom stereocenters. The van der Waals surface area contributed by atoms with Crippen molar-refractivity contribution in [3.63, 3.8) is 0 Å². The van der Waals surface area contributed by atoms with E-state index in [-0.39, 0.29) is 5.41 Å². The first-order valence-corrected chi connectivity index (χ1v) is 16.9. The Morgan fingerprint density at radius 3 is 1.67 bits per heavy atom. The number of thiophene rings is 1. The summed E-state index contributed by atoms with van der Waals surface area (Å²) in [6, 6.07) is 54.5. The van der Waals surface area contributed by atoms with Crippen molar-refractivity contribution in [2.45, 2.75) is 19.3 Å². The molecule has 1 heterocycles. The van der Waals surface area contributed by atoms with Gasteiger partial charge >= 0.3 is 0 Å². The summed E-state index contributed by atoms with van der Waals surface area (Å²) in [6.45, 7) is 4.71. The van der Waals surface area contributed by atoms with Crippen molar-refractivity contribution in [1.29, 1.82) is 0 Å². The normalized spacial score (nSPS) is 13.6. The van der Waals surface area contributed by atoms with Gasteiger partial charge in [-0.3, -0.25) is 0 Å². The predicted molar refractivity (Wildman–Crippen MR) is 200 cm³/mol. The number of fused-ring (bicyclic) bond motifs is 10. The molecule has 0 atom stereocenters. The van der Waals surface area contributed by atoms with Gasteiger partial charge in [-0.25, -0.2) is 0 Å². The highest BCUT2D eigenvalue weighted by Crippen LogP contribution is 2.51. The Morgan fingerprint density at radius 1 is 0.413 bits per heavy atom. The van der Waals surface area contributed by atoms with E-state index in [0.717, 1.165) is 0 Å². The van der Waals surface area contributed by atoms with Crippen molar-refractivity contribution in [3.05, 3.63) is 157 Å². The molecule has 8 aromatic carbocycles. The predicted octanol–water partition coefficient (Wildman–Crippen LogP) is 13.2. The Kier molecular flexibility index (Phi) is 5.31. The fraction of sp³-hybridized carbons (Fsp3) is 0.0667.